The van der Waals surface area contributed by atoms with Crippen molar-refractivity contribution in [1.82, 2.24) is 10.2 Å². The van der Waals surface area contributed by atoms with Crippen LogP contribution in [0.3, 0.4) is 0 Å². The van der Waals surface area contributed by atoms with E-state index in [1.807, 2.05) is 0 Å². The van der Waals surface area contributed by atoms with Gasteiger partial charge in [-0.05, 0) is 37.2 Å². The molecular weight excluding hydrogens is 244 g/mol. The van der Waals surface area contributed by atoms with E-state index < -0.39 is 0 Å². The molecule has 0 spiro atoms. The number of hydrogen-bond acceptors (Lipinski definition) is 2. The van der Waals surface area contributed by atoms with E-state index in [9.17, 15) is 0 Å². The van der Waals surface area contributed by atoms with Gasteiger partial charge in [-0.2, -0.15) is 0 Å². The number of rotatable bonds is 5. The Bertz CT molecular complexity index is 438. The molecule has 1 atom stereocenters. The van der Waals surface area contributed by atoms with Gasteiger partial charge in [0, 0.05) is 26.2 Å². The normalized spacial score (nSPS) is 29.3. The fraction of sp³-hybridized carbons (Fsp3) is 0.667. The van der Waals surface area contributed by atoms with Crippen molar-refractivity contribution in [3.63, 3.8) is 0 Å². The molecule has 110 valence electrons. The highest BCUT2D eigenvalue weighted by molar-refractivity contribution is 5.25. The van der Waals surface area contributed by atoms with Crippen molar-refractivity contribution in [2.75, 3.05) is 26.2 Å². The second kappa shape index (κ2) is 5.50. The van der Waals surface area contributed by atoms with Gasteiger partial charge < -0.3 is 5.32 Å². The van der Waals surface area contributed by atoms with Gasteiger partial charge in [0.1, 0.15) is 0 Å². The minimum atomic E-state index is 0.113. The van der Waals surface area contributed by atoms with Crippen LogP contribution in [0.15, 0.2) is 30.3 Å². The summed E-state index contributed by atoms with van der Waals surface area (Å²) in [5, 5.41) is 3.74. The smallest absolute Gasteiger partial charge is 0.0535 e. The molecule has 0 bridgehead atoms. The van der Waals surface area contributed by atoms with Crippen molar-refractivity contribution in [2.45, 2.75) is 45.1 Å². The maximum absolute atomic E-state index is 3.74. The van der Waals surface area contributed by atoms with Gasteiger partial charge in [-0.1, -0.05) is 43.7 Å². The Morgan fingerprint density at radius 2 is 1.95 bits per heavy atom. The minimum Gasteiger partial charge on any atom is -0.305 e. The van der Waals surface area contributed by atoms with E-state index in [1.54, 1.807) is 0 Å². The van der Waals surface area contributed by atoms with Crippen LogP contribution >= 0.6 is 0 Å². The summed E-state index contributed by atoms with van der Waals surface area (Å²) in [6.45, 7) is 9.44. The SMILES string of the molecule is CCCC1(CN2CCNC(C)(c3ccccc3)C2)CC1. The molecule has 1 aliphatic heterocycles. The number of hydrogen-bond donors (Lipinski definition) is 1. The Hall–Kier alpha value is -0.860. The van der Waals surface area contributed by atoms with Crippen molar-refractivity contribution in [2.24, 2.45) is 5.41 Å². The summed E-state index contributed by atoms with van der Waals surface area (Å²) in [5.74, 6) is 0. The van der Waals surface area contributed by atoms with E-state index in [0.717, 1.165) is 13.1 Å². The molecule has 1 aromatic carbocycles. The van der Waals surface area contributed by atoms with Gasteiger partial charge in [-0.3, -0.25) is 4.90 Å². The maximum atomic E-state index is 3.74. The van der Waals surface area contributed by atoms with Crippen molar-refractivity contribution >= 4 is 0 Å². The lowest BCUT2D eigenvalue weighted by atomic mass is 9.88. The summed E-state index contributed by atoms with van der Waals surface area (Å²) in [5.41, 5.74) is 2.20. The van der Waals surface area contributed by atoms with E-state index >= 15 is 0 Å². The molecule has 1 saturated carbocycles. The highest BCUT2D eigenvalue weighted by Gasteiger charge is 2.44. The highest BCUT2D eigenvalue weighted by Crippen LogP contribution is 2.50. The first-order valence-corrected chi connectivity index (χ1v) is 8.19. The molecule has 0 aromatic heterocycles. The van der Waals surface area contributed by atoms with E-state index in [4.69, 9.17) is 0 Å². The molecule has 3 rings (SSSR count). The molecule has 2 nitrogen and oxygen atoms in total. The van der Waals surface area contributed by atoms with Crippen LogP contribution in [0.4, 0.5) is 0 Å². The molecule has 1 aromatic rings. The molecule has 2 aliphatic rings. The van der Waals surface area contributed by atoms with Crippen molar-refractivity contribution in [1.29, 1.82) is 0 Å². The Morgan fingerprint density at radius 3 is 2.60 bits per heavy atom. The van der Waals surface area contributed by atoms with E-state index in [1.165, 1.54) is 44.3 Å². The van der Waals surface area contributed by atoms with E-state index in [2.05, 4.69) is 54.4 Å². The molecule has 2 heteroatoms. The monoisotopic (exact) mass is 272 g/mol. The first kappa shape index (κ1) is 14.1. The molecule has 0 amide bonds. The molecular formula is C18H28N2. The van der Waals surface area contributed by atoms with Gasteiger partial charge >= 0.3 is 0 Å². The summed E-state index contributed by atoms with van der Waals surface area (Å²) in [7, 11) is 0. The molecule has 1 saturated heterocycles. The van der Waals surface area contributed by atoms with Crippen LogP contribution in [-0.4, -0.2) is 31.1 Å². The van der Waals surface area contributed by atoms with Crippen LogP contribution in [0, 0.1) is 5.41 Å². The molecule has 2 fully saturated rings. The predicted molar refractivity (Wildman–Crippen MR) is 84.8 cm³/mol. The minimum absolute atomic E-state index is 0.113. The van der Waals surface area contributed by atoms with Crippen LogP contribution in [-0.2, 0) is 5.54 Å². The molecule has 1 heterocycles. The van der Waals surface area contributed by atoms with Crippen LogP contribution in [0.5, 0.6) is 0 Å². The van der Waals surface area contributed by atoms with Gasteiger partial charge in [0.2, 0.25) is 0 Å². The van der Waals surface area contributed by atoms with Crippen LogP contribution in [0.2, 0.25) is 0 Å². The lowest BCUT2D eigenvalue weighted by Gasteiger charge is -2.43. The van der Waals surface area contributed by atoms with Gasteiger partial charge in [0.15, 0.2) is 0 Å². The van der Waals surface area contributed by atoms with Crippen molar-refractivity contribution in [3.8, 4) is 0 Å². The fourth-order valence-corrected chi connectivity index (χ4v) is 3.88. The van der Waals surface area contributed by atoms with Gasteiger partial charge in [-0.15, -0.1) is 0 Å². The summed E-state index contributed by atoms with van der Waals surface area (Å²) in [4.78, 5) is 2.70. The Balaban J connectivity index is 1.67. The van der Waals surface area contributed by atoms with Crippen LogP contribution in [0.25, 0.3) is 0 Å². The summed E-state index contributed by atoms with van der Waals surface area (Å²) in [6, 6.07) is 10.9. The number of nitrogens with one attached hydrogen (secondary N) is 1. The average molecular weight is 272 g/mol. The zero-order valence-corrected chi connectivity index (χ0v) is 13.0. The molecule has 0 radical (unpaired) electrons. The Kier molecular flexibility index (Phi) is 3.87. The summed E-state index contributed by atoms with van der Waals surface area (Å²) >= 11 is 0. The third-order valence-electron chi connectivity index (χ3n) is 5.19. The summed E-state index contributed by atoms with van der Waals surface area (Å²) < 4.78 is 0. The van der Waals surface area contributed by atoms with Crippen LogP contribution in [0.1, 0.15) is 45.1 Å². The number of nitrogens with zero attached hydrogens (tertiary/aromatic N) is 1. The first-order valence-electron chi connectivity index (χ1n) is 8.19. The van der Waals surface area contributed by atoms with E-state index in [0.29, 0.717) is 5.41 Å². The van der Waals surface area contributed by atoms with E-state index in [-0.39, 0.29) is 5.54 Å². The standard InChI is InChI=1S/C18H28N2/c1-3-9-18(10-11-18)15-20-13-12-19-17(2,14-20)16-7-5-4-6-8-16/h4-8,19H,3,9-15H2,1-2H3. The average Bonchev–Trinajstić information content (AvgIpc) is 3.20. The molecule has 1 unspecified atom stereocenters. The predicted octanol–water partition coefficient (Wildman–Crippen LogP) is 3.39. The fourth-order valence-electron chi connectivity index (χ4n) is 3.88. The largest absolute Gasteiger partial charge is 0.305 e. The third-order valence-corrected chi connectivity index (χ3v) is 5.19. The number of piperazine rings is 1. The first-order chi connectivity index (χ1) is 9.66. The lowest BCUT2D eigenvalue weighted by Crippen LogP contribution is -2.57. The Morgan fingerprint density at radius 1 is 1.20 bits per heavy atom. The maximum Gasteiger partial charge on any atom is 0.0535 e. The van der Waals surface area contributed by atoms with Crippen molar-refractivity contribution in [3.05, 3.63) is 35.9 Å². The molecule has 20 heavy (non-hydrogen) atoms. The van der Waals surface area contributed by atoms with Gasteiger partial charge in [-0.25, -0.2) is 0 Å². The van der Waals surface area contributed by atoms with Gasteiger partial charge in [0.25, 0.3) is 0 Å². The second-order valence-electron chi connectivity index (χ2n) is 7.09. The molecule has 1 N–H and O–H groups in total. The van der Waals surface area contributed by atoms with Gasteiger partial charge in [0.05, 0.1) is 5.54 Å². The van der Waals surface area contributed by atoms with Crippen molar-refractivity contribution < 1.29 is 0 Å². The topological polar surface area (TPSA) is 15.3 Å². The zero-order chi connectivity index (χ0) is 14.1. The second-order valence-corrected chi connectivity index (χ2v) is 7.09. The highest BCUT2D eigenvalue weighted by atomic mass is 15.2. The molecule has 1 aliphatic carbocycles. The lowest BCUT2D eigenvalue weighted by molar-refractivity contribution is 0.116. The quantitative estimate of drug-likeness (QED) is 0.884. The Labute approximate surface area is 123 Å². The summed E-state index contributed by atoms with van der Waals surface area (Å²) in [6.07, 6.45) is 5.65. The zero-order valence-electron chi connectivity index (χ0n) is 13.0. The third kappa shape index (κ3) is 2.91. The van der Waals surface area contributed by atoms with Crippen LogP contribution < -0.4 is 5.32 Å². The number of benzene rings is 1.